The Morgan fingerprint density at radius 1 is 0.909 bits per heavy atom. The Labute approximate surface area is 128 Å². The van der Waals surface area contributed by atoms with Crippen LogP contribution in [0.15, 0.2) is 0 Å². The predicted octanol–water partition coefficient (Wildman–Crippen LogP) is 5.81. The van der Waals surface area contributed by atoms with Gasteiger partial charge in [0.15, 0.2) is 0 Å². The summed E-state index contributed by atoms with van der Waals surface area (Å²) in [4.78, 5) is 11.0. The maximum atomic E-state index is 13.8. The summed E-state index contributed by atoms with van der Waals surface area (Å²) < 4.78 is 63.5. The zero-order valence-corrected chi connectivity index (χ0v) is 12.9. The lowest BCUT2D eigenvalue weighted by molar-refractivity contribution is -0.161. The fraction of sp³-hybridized carbons (Fsp3) is 0.933. The van der Waals surface area contributed by atoms with Crippen molar-refractivity contribution in [3.63, 3.8) is 0 Å². The molecular weight excluding hydrogens is 307 g/mol. The van der Waals surface area contributed by atoms with Crippen LogP contribution in [-0.4, -0.2) is 23.2 Å². The fourth-order valence-electron chi connectivity index (χ4n) is 2.34. The van der Waals surface area contributed by atoms with Crippen LogP contribution in [0, 0.1) is 5.92 Å². The second-order valence-electron chi connectivity index (χ2n) is 5.68. The van der Waals surface area contributed by atoms with Crippen LogP contribution in [0.5, 0.6) is 0 Å². The highest BCUT2D eigenvalue weighted by atomic mass is 19.4. The zero-order chi connectivity index (χ0) is 17.2. The largest absolute Gasteiger partial charge is 0.481 e. The van der Waals surface area contributed by atoms with E-state index >= 15 is 0 Å². The predicted molar refractivity (Wildman–Crippen MR) is 74.0 cm³/mol. The molecule has 22 heavy (non-hydrogen) atoms. The second-order valence-corrected chi connectivity index (χ2v) is 5.68. The standard InChI is InChI=1S/C15H25F5O2/c1-2-3-4-5-6-7-9-12(13(21)22)14(16,17)10-8-11-15(18,19)20/h12H,2-11H2,1H3,(H,21,22). The van der Waals surface area contributed by atoms with Gasteiger partial charge in [0, 0.05) is 12.8 Å². The molecule has 0 spiro atoms. The Morgan fingerprint density at radius 2 is 1.45 bits per heavy atom. The number of carbonyl (C=O) groups is 1. The van der Waals surface area contributed by atoms with Crippen molar-refractivity contribution in [2.24, 2.45) is 5.92 Å². The van der Waals surface area contributed by atoms with E-state index < -0.39 is 43.2 Å². The van der Waals surface area contributed by atoms with Crippen LogP contribution in [0.3, 0.4) is 0 Å². The number of rotatable bonds is 12. The van der Waals surface area contributed by atoms with Gasteiger partial charge >= 0.3 is 12.1 Å². The first-order chi connectivity index (χ1) is 10.1. The summed E-state index contributed by atoms with van der Waals surface area (Å²) >= 11 is 0. The summed E-state index contributed by atoms with van der Waals surface area (Å²) in [5.41, 5.74) is 0. The molecule has 0 saturated carbocycles. The summed E-state index contributed by atoms with van der Waals surface area (Å²) in [6.07, 6.45) is -2.82. The smallest absolute Gasteiger partial charge is 0.389 e. The van der Waals surface area contributed by atoms with Crippen LogP contribution in [0.2, 0.25) is 0 Å². The van der Waals surface area contributed by atoms with Gasteiger partial charge in [0.2, 0.25) is 0 Å². The molecule has 0 rings (SSSR count). The minimum atomic E-state index is -4.49. The minimum absolute atomic E-state index is 0.194. The van der Waals surface area contributed by atoms with Crippen molar-refractivity contribution < 1.29 is 31.9 Å². The topological polar surface area (TPSA) is 37.3 Å². The number of alkyl halides is 5. The van der Waals surface area contributed by atoms with Crippen molar-refractivity contribution in [1.82, 2.24) is 0 Å². The lowest BCUT2D eigenvalue weighted by Gasteiger charge is -2.24. The molecule has 0 aromatic rings. The third kappa shape index (κ3) is 9.95. The van der Waals surface area contributed by atoms with Crippen LogP contribution < -0.4 is 0 Å². The highest BCUT2D eigenvalue weighted by Crippen LogP contribution is 2.35. The number of hydrogen-bond donors (Lipinski definition) is 1. The van der Waals surface area contributed by atoms with Gasteiger partial charge in [-0.15, -0.1) is 0 Å². The van der Waals surface area contributed by atoms with Crippen LogP contribution in [0.1, 0.15) is 71.1 Å². The van der Waals surface area contributed by atoms with E-state index in [9.17, 15) is 26.7 Å². The summed E-state index contributed by atoms with van der Waals surface area (Å²) in [6, 6.07) is 0. The van der Waals surface area contributed by atoms with Crippen molar-refractivity contribution in [2.75, 3.05) is 0 Å². The molecule has 0 aromatic carbocycles. The van der Waals surface area contributed by atoms with Crippen molar-refractivity contribution in [2.45, 2.75) is 83.2 Å². The molecule has 1 unspecified atom stereocenters. The molecule has 0 heterocycles. The molecule has 1 atom stereocenters. The van der Waals surface area contributed by atoms with Crippen LogP contribution in [0.4, 0.5) is 22.0 Å². The number of aliphatic carboxylic acids is 1. The van der Waals surface area contributed by atoms with E-state index in [1.54, 1.807) is 0 Å². The van der Waals surface area contributed by atoms with Crippen LogP contribution in [-0.2, 0) is 4.79 Å². The molecular formula is C15H25F5O2. The van der Waals surface area contributed by atoms with E-state index in [0.717, 1.165) is 25.7 Å². The van der Waals surface area contributed by atoms with Gasteiger partial charge in [0.1, 0.15) is 5.92 Å². The quantitative estimate of drug-likeness (QED) is 0.362. The maximum Gasteiger partial charge on any atom is 0.389 e. The van der Waals surface area contributed by atoms with E-state index in [-0.39, 0.29) is 6.42 Å². The number of carboxylic acids is 1. The SMILES string of the molecule is CCCCCCCCC(C(=O)O)C(F)(F)CCCC(F)(F)F. The Bertz CT molecular complexity index is 316. The van der Waals surface area contributed by atoms with Gasteiger partial charge in [-0.2, -0.15) is 13.2 Å². The normalized spacial score (nSPS) is 14.1. The molecule has 0 fully saturated rings. The van der Waals surface area contributed by atoms with E-state index in [4.69, 9.17) is 5.11 Å². The molecule has 0 saturated heterocycles. The number of carboxylic acid groups (broad SMARTS) is 1. The number of hydrogen-bond acceptors (Lipinski definition) is 1. The third-order valence-corrected chi connectivity index (χ3v) is 3.62. The second kappa shape index (κ2) is 10.0. The van der Waals surface area contributed by atoms with Gasteiger partial charge in [0.25, 0.3) is 5.92 Å². The van der Waals surface area contributed by atoms with Gasteiger partial charge in [-0.3, -0.25) is 4.79 Å². The molecule has 0 aliphatic rings. The van der Waals surface area contributed by atoms with Gasteiger partial charge in [0.05, 0.1) is 0 Å². The Balaban J connectivity index is 4.25. The first-order valence-electron chi connectivity index (χ1n) is 7.77. The highest BCUT2D eigenvalue weighted by Gasteiger charge is 2.44. The Hall–Kier alpha value is -0.880. The van der Waals surface area contributed by atoms with E-state index in [1.807, 2.05) is 6.92 Å². The first kappa shape index (κ1) is 21.1. The van der Waals surface area contributed by atoms with E-state index in [2.05, 4.69) is 0 Å². The van der Waals surface area contributed by atoms with Crippen molar-refractivity contribution in [3.8, 4) is 0 Å². The van der Waals surface area contributed by atoms with E-state index in [1.165, 1.54) is 0 Å². The fourth-order valence-corrected chi connectivity index (χ4v) is 2.34. The number of unbranched alkanes of at least 4 members (excludes halogenated alkanes) is 5. The summed E-state index contributed by atoms with van der Waals surface area (Å²) in [6.45, 7) is 2.04. The molecule has 0 bridgehead atoms. The molecule has 2 nitrogen and oxygen atoms in total. The van der Waals surface area contributed by atoms with Crippen molar-refractivity contribution in [3.05, 3.63) is 0 Å². The molecule has 0 radical (unpaired) electrons. The van der Waals surface area contributed by atoms with Crippen molar-refractivity contribution in [1.29, 1.82) is 0 Å². The average Bonchev–Trinajstić information content (AvgIpc) is 2.35. The van der Waals surface area contributed by atoms with Gasteiger partial charge in [-0.05, 0) is 12.8 Å². The third-order valence-electron chi connectivity index (χ3n) is 3.62. The van der Waals surface area contributed by atoms with Gasteiger partial charge < -0.3 is 5.11 Å². The lowest BCUT2D eigenvalue weighted by Crippen LogP contribution is -2.35. The molecule has 0 aliphatic carbocycles. The van der Waals surface area contributed by atoms with Gasteiger partial charge in [-0.1, -0.05) is 45.4 Å². The lowest BCUT2D eigenvalue weighted by atomic mass is 9.91. The Kier molecular flexibility index (Phi) is 9.60. The molecule has 0 aromatic heterocycles. The molecule has 0 amide bonds. The average molecular weight is 332 g/mol. The molecule has 132 valence electrons. The van der Waals surface area contributed by atoms with E-state index in [0.29, 0.717) is 12.8 Å². The van der Waals surface area contributed by atoms with Crippen LogP contribution in [0.25, 0.3) is 0 Å². The number of halogens is 5. The summed E-state index contributed by atoms with van der Waals surface area (Å²) in [7, 11) is 0. The summed E-state index contributed by atoms with van der Waals surface area (Å²) in [5, 5.41) is 8.91. The molecule has 7 heteroatoms. The molecule has 1 N–H and O–H groups in total. The van der Waals surface area contributed by atoms with Crippen molar-refractivity contribution >= 4 is 5.97 Å². The van der Waals surface area contributed by atoms with Crippen LogP contribution >= 0.6 is 0 Å². The molecule has 0 aliphatic heterocycles. The highest BCUT2D eigenvalue weighted by molar-refractivity contribution is 5.71. The first-order valence-corrected chi connectivity index (χ1v) is 7.77. The monoisotopic (exact) mass is 332 g/mol. The Morgan fingerprint density at radius 3 is 1.95 bits per heavy atom. The zero-order valence-electron chi connectivity index (χ0n) is 12.9. The van der Waals surface area contributed by atoms with Gasteiger partial charge in [-0.25, -0.2) is 8.78 Å². The maximum absolute atomic E-state index is 13.8. The summed E-state index contributed by atoms with van der Waals surface area (Å²) in [5.74, 6) is -7.13. The minimum Gasteiger partial charge on any atom is -0.481 e.